The van der Waals surface area contributed by atoms with E-state index in [-0.39, 0.29) is 5.92 Å². The highest BCUT2D eigenvalue weighted by atomic mass is 19.2. The Kier molecular flexibility index (Phi) is 4.67. The second-order valence-corrected chi connectivity index (χ2v) is 5.38. The van der Waals surface area contributed by atoms with Gasteiger partial charge in [-0.2, -0.15) is 0 Å². The van der Waals surface area contributed by atoms with Crippen molar-refractivity contribution in [1.82, 2.24) is 0 Å². The van der Waals surface area contributed by atoms with Crippen LogP contribution in [0.5, 0.6) is 0 Å². The van der Waals surface area contributed by atoms with Crippen molar-refractivity contribution in [2.45, 2.75) is 44.4 Å². The van der Waals surface area contributed by atoms with Gasteiger partial charge in [0.2, 0.25) is 0 Å². The summed E-state index contributed by atoms with van der Waals surface area (Å²) in [7, 11) is 0. The summed E-state index contributed by atoms with van der Waals surface area (Å²) >= 11 is 0. The fourth-order valence-corrected chi connectivity index (χ4v) is 2.95. The molecule has 0 spiro atoms. The molecule has 1 fully saturated rings. The van der Waals surface area contributed by atoms with E-state index in [9.17, 15) is 13.2 Å². The molecule has 104 valence electrons. The summed E-state index contributed by atoms with van der Waals surface area (Å²) in [5.74, 6) is -2.69. The molecular weight excluding hydrogens is 249 g/mol. The first-order chi connectivity index (χ1) is 9.11. The molecule has 0 nitrogen and oxygen atoms in total. The number of hydrogen-bond acceptors (Lipinski definition) is 0. The monoisotopic (exact) mass is 268 g/mol. The second-order valence-electron chi connectivity index (χ2n) is 5.38. The zero-order valence-corrected chi connectivity index (χ0v) is 11.0. The number of hydrogen-bond donors (Lipinski definition) is 0. The molecule has 1 aromatic rings. The van der Waals surface area contributed by atoms with Gasteiger partial charge in [0.05, 0.1) is 0 Å². The Morgan fingerprint density at radius 3 is 2.16 bits per heavy atom. The van der Waals surface area contributed by atoms with Gasteiger partial charge in [0.1, 0.15) is 0 Å². The quantitative estimate of drug-likeness (QED) is 0.510. The summed E-state index contributed by atoms with van der Waals surface area (Å²) in [6.45, 7) is 3.72. The van der Waals surface area contributed by atoms with E-state index in [1.54, 1.807) is 0 Å². The number of halogens is 3. The van der Waals surface area contributed by atoms with Crippen molar-refractivity contribution in [1.29, 1.82) is 0 Å². The van der Waals surface area contributed by atoms with Gasteiger partial charge in [0.25, 0.3) is 0 Å². The van der Waals surface area contributed by atoms with E-state index in [1.165, 1.54) is 0 Å². The van der Waals surface area contributed by atoms with E-state index < -0.39 is 17.5 Å². The van der Waals surface area contributed by atoms with Gasteiger partial charge in [-0.05, 0) is 68.1 Å². The standard InChI is InChI=1S/C16H19F3/c1-2-3-4-11-5-7-12(8-6-11)13-9-14(17)16(19)15(18)10-13/h2,9-12H,1,3-8H2/t11-,12-. The summed E-state index contributed by atoms with van der Waals surface area (Å²) in [6, 6.07) is 2.29. The van der Waals surface area contributed by atoms with Crippen molar-refractivity contribution in [2.24, 2.45) is 5.92 Å². The van der Waals surface area contributed by atoms with Crippen molar-refractivity contribution in [2.75, 3.05) is 0 Å². The van der Waals surface area contributed by atoms with Crippen LogP contribution in [0.2, 0.25) is 0 Å². The minimum absolute atomic E-state index is 0.157. The highest BCUT2D eigenvalue weighted by Crippen LogP contribution is 2.38. The third-order valence-corrected chi connectivity index (χ3v) is 4.10. The fraction of sp³-hybridized carbons (Fsp3) is 0.500. The van der Waals surface area contributed by atoms with Crippen molar-refractivity contribution < 1.29 is 13.2 Å². The summed E-state index contributed by atoms with van der Waals surface area (Å²) in [4.78, 5) is 0. The average Bonchev–Trinajstić information content (AvgIpc) is 2.42. The van der Waals surface area contributed by atoms with Crippen LogP contribution in [0.4, 0.5) is 13.2 Å². The van der Waals surface area contributed by atoms with E-state index >= 15 is 0 Å². The lowest BCUT2D eigenvalue weighted by molar-refractivity contribution is 0.310. The Balaban J connectivity index is 1.99. The molecule has 1 saturated carbocycles. The van der Waals surface area contributed by atoms with Crippen molar-refractivity contribution in [3.05, 3.63) is 47.8 Å². The van der Waals surface area contributed by atoms with Gasteiger partial charge in [-0.25, -0.2) is 13.2 Å². The highest BCUT2D eigenvalue weighted by Gasteiger charge is 2.23. The minimum Gasteiger partial charge on any atom is -0.204 e. The van der Waals surface area contributed by atoms with Gasteiger partial charge in [-0.15, -0.1) is 6.58 Å². The summed E-state index contributed by atoms with van der Waals surface area (Å²) in [5, 5.41) is 0. The molecule has 0 radical (unpaired) electrons. The zero-order valence-electron chi connectivity index (χ0n) is 11.0. The molecule has 0 saturated heterocycles. The SMILES string of the molecule is C=CCC[C@H]1CC[C@H](c2cc(F)c(F)c(F)c2)CC1. The lowest BCUT2D eigenvalue weighted by atomic mass is 9.77. The predicted octanol–water partition coefficient (Wildman–Crippen LogP) is 5.34. The van der Waals surface area contributed by atoms with Gasteiger partial charge >= 0.3 is 0 Å². The maximum atomic E-state index is 13.2. The molecule has 0 bridgehead atoms. The highest BCUT2D eigenvalue weighted by molar-refractivity contribution is 5.23. The molecule has 19 heavy (non-hydrogen) atoms. The zero-order chi connectivity index (χ0) is 13.8. The van der Waals surface area contributed by atoms with Gasteiger partial charge < -0.3 is 0 Å². The largest absolute Gasteiger partial charge is 0.204 e. The molecule has 1 aromatic carbocycles. The topological polar surface area (TPSA) is 0 Å². The Hall–Kier alpha value is -1.25. The molecule has 2 rings (SSSR count). The Labute approximate surface area is 112 Å². The number of rotatable bonds is 4. The van der Waals surface area contributed by atoms with Gasteiger partial charge in [-0.3, -0.25) is 0 Å². The van der Waals surface area contributed by atoms with E-state index in [0.29, 0.717) is 11.5 Å². The van der Waals surface area contributed by atoms with E-state index in [0.717, 1.165) is 50.7 Å². The molecule has 1 aliphatic carbocycles. The minimum atomic E-state index is -1.37. The smallest absolute Gasteiger partial charge is 0.194 e. The van der Waals surface area contributed by atoms with Crippen molar-refractivity contribution in [3.63, 3.8) is 0 Å². The third-order valence-electron chi connectivity index (χ3n) is 4.10. The lowest BCUT2D eigenvalue weighted by Crippen LogP contribution is -2.14. The maximum Gasteiger partial charge on any atom is 0.194 e. The number of benzene rings is 1. The Morgan fingerprint density at radius 2 is 1.63 bits per heavy atom. The molecule has 3 heteroatoms. The summed E-state index contributed by atoms with van der Waals surface area (Å²) in [6.07, 6.45) is 8.07. The summed E-state index contributed by atoms with van der Waals surface area (Å²) < 4.78 is 39.3. The van der Waals surface area contributed by atoms with E-state index in [2.05, 4.69) is 6.58 Å². The van der Waals surface area contributed by atoms with Crippen LogP contribution in [0.25, 0.3) is 0 Å². The van der Waals surface area contributed by atoms with Crippen LogP contribution >= 0.6 is 0 Å². The molecule has 0 heterocycles. The summed E-state index contributed by atoms with van der Waals surface area (Å²) in [5.41, 5.74) is 0.596. The molecule has 0 unspecified atom stereocenters. The molecule has 0 aliphatic heterocycles. The fourth-order valence-electron chi connectivity index (χ4n) is 2.95. The van der Waals surface area contributed by atoms with Crippen LogP contribution in [0.1, 0.15) is 50.0 Å². The van der Waals surface area contributed by atoms with Gasteiger partial charge in [-0.1, -0.05) is 6.08 Å². The molecule has 0 atom stereocenters. The van der Waals surface area contributed by atoms with Gasteiger partial charge in [0.15, 0.2) is 17.5 Å². The van der Waals surface area contributed by atoms with Crippen LogP contribution in [0.15, 0.2) is 24.8 Å². The predicted molar refractivity (Wildman–Crippen MR) is 70.4 cm³/mol. The Morgan fingerprint density at radius 1 is 1.05 bits per heavy atom. The molecule has 0 aromatic heterocycles. The lowest BCUT2D eigenvalue weighted by Gasteiger charge is -2.28. The molecule has 0 amide bonds. The van der Waals surface area contributed by atoms with Crippen molar-refractivity contribution in [3.8, 4) is 0 Å². The van der Waals surface area contributed by atoms with Crippen LogP contribution in [-0.4, -0.2) is 0 Å². The normalized spacial score (nSPS) is 23.3. The van der Waals surface area contributed by atoms with E-state index in [4.69, 9.17) is 0 Å². The molecule has 1 aliphatic rings. The van der Waals surface area contributed by atoms with Crippen LogP contribution in [0, 0.1) is 23.4 Å². The second kappa shape index (κ2) is 6.27. The van der Waals surface area contributed by atoms with Gasteiger partial charge in [0, 0.05) is 0 Å². The first-order valence-electron chi connectivity index (χ1n) is 6.87. The molecular formula is C16H19F3. The van der Waals surface area contributed by atoms with Crippen LogP contribution in [-0.2, 0) is 0 Å². The maximum absolute atomic E-state index is 13.2. The molecule has 0 N–H and O–H groups in total. The third kappa shape index (κ3) is 3.40. The number of allylic oxidation sites excluding steroid dienone is 1. The Bertz CT molecular complexity index is 422. The first kappa shape index (κ1) is 14.2. The average molecular weight is 268 g/mol. The van der Waals surface area contributed by atoms with Crippen LogP contribution < -0.4 is 0 Å². The van der Waals surface area contributed by atoms with Crippen molar-refractivity contribution >= 4 is 0 Å². The van der Waals surface area contributed by atoms with E-state index in [1.807, 2.05) is 6.08 Å². The first-order valence-corrected chi connectivity index (χ1v) is 6.87. The van der Waals surface area contributed by atoms with Crippen LogP contribution in [0.3, 0.4) is 0 Å².